The van der Waals surface area contributed by atoms with Gasteiger partial charge in [-0.05, 0) is 42.5 Å². The largest absolute Gasteiger partial charge is 0.313 e. The molecule has 3 unspecified atom stereocenters. The lowest BCUT2D eigenvalue weighted by Crippen LogP contribution is -2.24. The van der Waals surface area contributed by atoms with Crippen molar-refractivity contribution in [1.29, 1.82) is 0 Å². The Hall–Kier alpha value is -1.25. The molecule has 0 spiro atoms. The summed E-state index contributed by atoms with van der Waals surface area (Å²) in [6.45, 7) is 2.37. The zero-order chi connectivity index (χ0) is 14.7. The van der Waals surface area contributed by atoms with E-state index in [1.165, 1.54) is 22.6 Å². The number of thioether (sulfide) groups is 1. The van der Waals surface area contributed by atoms with E-state index in [-0.39, 0.29) is 0 Å². The van der Waals surface area contributed by atoms with Gasteiger partial charge in [0.05, 0.1) is 0 Å². The predicted octanol–water partition coefficient (Wildman–Crippen LogP) is 4.86. The van der Waals surface area contributed by atoms with E-state index in [0.29, 0.717) is 17.9 Å². The van der Waals surface area contributed by atoms with E-state index in [0.717, 1.165) is 0 Å². The van der Waals surface area contributed by atoms with Gasteiger partial charge in [-0.3, -0.25) is 0 Å². The van der Waals surface area contributed by atoms with Crippen molar-refractivity contribution in [3.05, 3.63) is 65.7 Å². The van der Waals surface area contributed by atoms with Crippen molar-refractivity contribution in [3.63, 3.8) is 0 Å². The zero-order valence-corrected chi connectivity index (χ0v) is 13.6. The van der Waals surface area contributed by atoms with Crippen molar-refractivity contribution in [2.24, 2.45) is 5.92 Å². The standard InChI is InChI=1S/C19H23NS/c1-14(19(20-2)15-8-4-3-5-9-15)12-16-13-21-18-11-7-6-10-17(16)18/h3-11,14,16,19-20H,12-13H2,1-2H3. The molecule has 3 atom stereocenters. The smallest absolute Gasteiger partial charge is 0.0343 e. The molecule has 0 radical (unpaired) electrons. The lowest BCUT2D eigenvalue weighted by molar-refractivity contribution is 0.368. The summed E-state index contributed by atoms with van der Waals surface area (Å²) in [7, 11) is 2.07. The van der Waals surface area contributed by atoms with Crippen LogP contribution in [0.2, 0.25) is 0 Å². The van der Waals surface area contributed by atoms with Crippen molar-refractivity contribution < 1.29 is 0 Å². The van der Waals surface area contributed by atoms with E-state index < -0.39 is 0 Å². The molecule has 1 aliphatic heterocycles. The highest BCUT2D eigenvalue weighted by Crippen LogP contribution is 2.43. The minimum Gasteiger partial charge on any atom is -0.313 e. The third kappa shape index (κ3) is 3.17. The van der Waals surface area contributed by atoms with E-state index in [1.807, 2.05) is 11.8 Å². The molecule has 2 aromatic rings. The van der Waals surface area contributed by atoms with Crippen molar-refractivity contribution in [2.45, 2.75) is 30.2 Å². The number of benzene rings is 2. The van der Waals surface area contributed by atoms with Crippen molar-refractivity contribution in [2.75, 3.05) is 12.8 Å². The van der Waals surface area contributed by atoms with Gasteiger partial charge < -0.3 is 5.32 Å². The molecule has 0 saturated heterocycles. The Morgan fingerprint density at radius 2 is 1.81 bits per heavy atom. The minimum absolute atomic E-state index is 0.434. The summed E-state index contributed by atoms with van der Waals surface area (Å²) in [5, 5.41) is 3.51. The fourth-order valence-electron chi connectivity index (χ4n) is 3.45. The summed E-state index contributed by atoms with van der Waals surface area (Å²) in [6, 6.07) is 20.1. The molecule has 3 rings (SSSR count). The molecular weight excluding hydrogens is 274 g/mol. The summed E-state index contributed by atoms with van der Waals surface area (Å²) >= 11 is 2.01. The highest BCUT2D eigenvalue weighted by Gasteiger charge is 2.27. The van der Waals surface area contributed by atoms with Gasteiger partial charge in [0.25, 0.3) is 0 Å². The summed E-state index contributed by atoms with van der Waals surface area (Å²) in [5.41, 5.74) is 2.95. The van der Waals surface area contributed by atoms with Gasteiger partial charge in [-0.25, -0.2) is 0 Å². The van der Waals surface area contributed by atoms with E-state index in [2.05, 4.69) is 73.9 Å². The van der Waals surface area contributed by atoms with Crippen LogP contribution in [-0.2, 0) is 0 Å². The second kappa shape index (κ2) is 6.67. The third-order valence-electron chi connectivity index (χ3n) is 4.49. The molecule has 0 saturated carbocycles. The van der Waals surface area contributed by atoms with E-state index >= 15 is 0 Å². The fraction of sp³-hybridized carbons (Fsp3) is 0.368. The highest BCUT2D eigenvalue weighted by molar-refractivity contribution is 7.99. The van der Waals surface area contributed by atoms with Crippen LogP contribution in [0.5, 0.6) is 0 Å². The molecule has 0 bridgehead atoms. The molecule has 0 aliphatic carbocycles. The Morgan fingerprint density at radius 3 is 2.57 bits per heavy atom. The molecule has 1 nitrogen and oxygen atoms in total. The van der Waals surface area contributed by atoms with Gasteiger partial charge in [0.2, 0.25) is 0 Å². The lowest BCUT2D eigenvalue weighted by Gasteiger charge is -2.26. The van der Waals surface area contributed by atoms with Gasteiger partial charge in [-0.15, -0.1) is 11.8 Å². The Balaban J connectivity index is 1.73. The SMILES string of the molecule is CNC(c1ccccc1)C(C)CC1CSc2ccccc21. The van der Waals surface area contributed by atoms with Gasteiger partial charge in [0.1, 0.15) is 0 Å². The van der Waals surface area contributed by atoms with Crippen LogP contribution in [0.25, 0.3) is 0 Å². The summed E-state index contributed by atoms with van der Waals surface area (Å²) in [5.74, 6) is 2.55. The van der Waals surface area contributed by atoms with Crippen molar-refractivity contribution in [1.82, 2.24) is 5.32 Å². The zero-order valence-electron chi connectivity index (χ0n) is 12.8. The van der Waals surface area contributed by atoms with Crippen LogP contribution in [0.4, 0.5) is 0 Å². The quantitative estimate of drug-likeness (QED) is 0.845. The molecule has 110 valence electrons. The van der Waals surface area contributed by atoms with Crippen LogP contribution in [0.1, 0.15) is 36.4 Å². The monoisotopic (exact) mass is 297 g/mol. The van der Waals surface area contributed by atoms with Crippen molar-refractivity contribution >= 4 is 11.8 Å². The molecule has 21 heavy (non-hydrogen) atoms. The summed E-state index contributed by atoms with van der Waals surface area (Å²) in [4.78, 5) is 1.48. The van der Waals surface area contributed by atoms with Crippen molar-refractivity contribution in [3.8, 4) is 0 Å². The number of fused-ring (bicyclic) bond motifs is 1. The van der Waals surface area contributed by atoms with Gasteiger partial charge in [0, 0.05) is 16.7 Å². The number of hydrogen-bond acceptors (Lipinski definition) is 2. The molecule has 0 fully saturated rings. The van der Waals surface area contributed by atoms with Crippen LogP contribution >= 0.6 is 11.8 Å². The second-order valence-electron chi connectivity index (χ2n) is 5.94. The summed E-state index contributed by atoms with van der Waals surface area (Å²) in [6.07, 6.45) is 1.24. The molecule has 1 N–H and O–H groups in total. The molecule has 0 amide bonds. The first-order valence-electron chi connectivity index (χ1n) is 7.73. The van der Waals surface area contributed by atoms with E-state index in [9.17, 15) is 0 Å². The first-order chi connectivity index (χ1) is 10.3. The number of rotatable bonds is 5. The predicted molar refractivity (Wildman–Crippen MR) is 91.9 cm³/mol. The molecular formula is C19H23NS. The highest BCUT2D eigenvalue weighted by atomic mass is 32.2. The molecule has 2 aromatic carbocycles. The van der Waals surface area contributed by atoms with Crippen LogP contribution in [0.15, 0.2) is 59.5 Å². The lowest BCUT2D eigenvalue weighted by atomic mass is 9.84. The normalized spacial score (nSPS) is 20.0. The number of hydrogen-bond donors (Lipinski definition) is 1. The van der Waals surface area contributed by atoms with Crippen LogP contribution in [0, 0.1) is 5.92 Å². The van der Waals surface area contributed by atoms with Gasteiger partial charge in [-0.2, -0.15) is 0 Å². The maximum atomic E-state index is 3.51. The molecule has 2 heteroatoms. The van der Waals surface area contributed by atoms with Gasteiger partial charge >= 0.3 is 0 Å². The maximum absolute atomic E-state index is 3.51. The molecule has 0 aromatic heterocycles. The second-order valence-corrected chi connectivity index (χ2v) is 7.00. The van der Waals surface area contributed by atoms with Gasteiger partial charge in [-0.1, -0.05) is 55.5 Å². The minimum atomic E-state index is 0.434. The average Bonchev–Trinajstić information content (AvgIpc) is 2.92. The summed E-state index contributed by atoms with van der Waals surface area (Å²) < 4.78 is 0. The van der Waals surface area contributed by atoms with Crippen LogP contribution < -0.4 is 5.32 Å². The van der Waals surface area contributed by atoms with E-state index in [1.54, 1.807) is 5.56 Å². The first-order valence-corrected chi connectivity index (χ1v) is 8.72. The van der Waals surface area contributed by atoms with Gasteiger partial charge in [0.15, 0.2) is 0 Å². The van der Waals surface area contributed by atoms with Crippen LogP contribution in [0.3, 0.4) is 0 Å². The van der Waals surface area contributed by atoms with E-state index in [4.69, 9.17) is 0 Å². The maximum Gasteiger partial charge on any atom is 0.0343 e. The number of nitrogens with one attached hydrogen (secondary N) is 1. The fourth-order valence-corrected chi connectivity index (χ4v) is 4.72. The average molecular weight is 297 g/mol. The Labute approximate surface area is 132 Å². The molecule has 1 heterocycles. The Kier molecular flexibility index (Phi) is 4.67. The third-order valence-corrected chi connectivity index (χ3v) is 5.75. The van der Waals surface area contributed by atoms with Crippen LogP contribution in [-0.4, -0.2) is 12.8 Å². The first kappa shape index (κ1) is 14.7. The Morgan fingerprint density at radius 1 is 1.10 bits per heavy atom. The Bertz CT molecular complexity index is 581. The molecule has 1 aliphatic rings. The topological polar surface area (TPSA) is 12.0 Å².